The number of hydrogen-bond donors (Lipinski definition) is 1. The van der Waals surface area contributed by atoms with Gasteiger partial charge < -0.3 is 14.6 Å². The van der Waals surface area contributed by atoms with Gasteiger partial charge in [0.05, 0.1) is 17.8 Å². The van der Waals surface area contributed by atoms with Crippen LogP contribution in [0, 0.1) is 5.92 Å². The van der Waals surface area contributed by atoms with Crippen molar-refractivity contribution in [2.45, 2.75) is 45.1 Å². The Morgan fingerprint density at radius 1 is 1.13 bits per heavy atom. The molecule has 0 atom stereocenters. The number of nitrogens with zero attached hydrogens (tertiary/aromatic N) is 2. The first-order valence-corrected chi connectivity index (χ1v) is 10.9. The molecule has 5 nitrogen and oxygen atoms in total. The molecule has 1 N–H and O–H groups in total. The third-order valence-electron chi connectivity index (χ3n) is 6.64. The predicted octanol–water partition coefficient (Wildman–Crippen LogP) is 4.36. The third-order valence-corrected chi connectivity index (χ3v) is 6.64. The fourth-order valence-electron chi connectivity index (χ4n) is 4.96. The van der Waals surface area contributed by atoms with E-state index in [1.54, 1.807) is 10.6 Å². The molecule has 1 aromatic carbocycles. The van der Waals surface area contributed by atoms with Gasteiger partial charge in [0.2, 0.25) is 0 Å². The molecule has 0 spiro atoms. The molecule has 1 aliphatic carbocycles. The maximum absolute atomic E-state index is 12.8. The van der Waals surface area contributed by atoms with Crippen molar-refractivity contribution in [1.29, 1.82) is 0 Å². The zero-order valence-corrected chi connectivity index (χ0v) is 18.3. The lowest BCUT2D eigenvalue weighted by molar-refractivity contribution is 0.208. The van der Waals surface area contributed by atoms with Gasteiger partial charge >= 0.3 is 0 Å². The Morgan fingerprint density at radius 2 is 1.97 bits per heavy atom. The minimum atomic E-state index is -0.0499. The second-order valence-corrected chi connectivity index (χ2v) is 8.50. The largest absolute Gasteiger partial charge is 0.493 e. The number of benzene rings is 1. The first-order chi connectivity index (χ1) is 14.2. The van der Waals surface area contributed by atoms with E-state index in [2.05, 4.69) is 35.1 Å². The van der Waals surface area contributed by atoms with Crippen LogP contribution >= 0.6 is 12.4 Å². The van der Waals surface area contributed by atoms with Gasteiger partial charge in [0.1, 0.15) is 5.75 Å². The van der Waals surface area contributed by atoms with Crippen LogP contribution in [0.3, 0.4) is 0 Å². The van der Waals surface area contributed by atoms with Crippen LogP contribution in [0.2, 0.25) is 0 Å². The molecule has 5 rings (SSSR count). The van der Waals surface area contributed by atoms with Gasteiger partial charge in [0, 0.05) is 36.9 Å². The van der Waals surface area contributed by atoms with E-state index in [1.165, 1.54) is 54.3 Å². The van der Waals surface area contributed by atoms with Gasteiger partial charge in [0.15, 0.2) is 0 Å². The minimum absolute atomic E-state index is 0. The fraction of sp³-hybridized carbons (Fsp3) is 0.458. The summed E-state index contributed by atoms with van der Waals surface area (Å²) >= 11 is 0. The second-order valence-electron chi connectivity index (χ2n) is 8.50. The third kappa shape index (κ3) is 3.88. The van der Waals surface area contributed by atoms with Crippen LogP contribution in [-0.2, 0) is 20.0 Å². The molecule has 1 aliphatic heterocycles. The standard InChI is InChI=1S/C24H29N3O2.ClH/c1-26-22-13-18(7-8-20(22)21-9-11-25-15-23(21)26)27-12-10-19(14-24(27)28)29-16-17-5-3-2-4-6-17;/h7-8,10,12-14,17,25H,2-6,9,11,15-16H2,1H3;1H. The maximum atomic E-state index is 12.8. The molecule has 6 heteroatoms. The van der Waals surface area contributed by atoms with E-state index >= 15 is 0 Å². The summed E-state index contributed by atoms with van der Waals surface area (Å²) in [6, 6.07) is 9.86. The molecule has 2 aliphatic rings. The summed E-state index contributed by atoms with van der Waals surface area (Å²) in [5.74, 6) is 1.31. The van der Waals surface area contributed by atoms with Crippen molar-refractivity contribution in [1.82, 2.24) is 14.5 Å². The number of hydrogen-bond acceptors (Lipinski definition) is 3. The fourth-order valence-corrected chi connectivity index (χ4v) is 4.96. The van der Waals surface area contributed by atoms with Gasteiger partial charge in [-0.05, 0) is 55.5 Å². The Kier molecular flexibility index (Phi) is 6.21. The van der Waals surface area contributed by atoms with E-state index in [9.17, 15) is 4.79 Å². The van der Waals surface area contributed by atoms with Crippen LogP contribution in [0.4, 0.5) is 0 Å². The summed E-state index contributed by atoms with van der Waals surface area (Å²) in [5, 5.41) is 4.75. The van der Waals surface area contributed by atoms with E-state index in [0.29, 0.717) is 11.7 Å². The van der Waals surface area contributed by atoms with Gasteiger partial charge in [-0.2, -0.15) is 0 Å². The monoisotopic (exact) mass is 427 g/mol. The highest BCUT2D eigenvalue weighted by Gasteiger charge is 2.18. The van der Waals surface area contributed by atoms with E-state index in [1.807, 2.05) is 12.3 Å². The minimum Gasteiger partial charge on any atom is -0.493 e. The van der Waals surface area contributed by atoms with Crippen molar-refractivity contribution in [3.8, 4) is 11.4 Å². The number of fused-ring (bicyclic) bond motifs is 3. The summed E-state index contributed by atoms with van der Waals surface area (Å²) in [6.07, 6.45) is 9.33. The molecule has 3 heterocycles. The molecule has 1 fully saturated rings. The highest BCUT2D eigenvalue weighted by Crippen LogP contribution is 2.29. The van der Waals surface area contributed by atoms with Gasteiger partial charge in [-0.25, -0.2) is 0 Å². The smallest absolute Gasteiger partial charge is 0.258 e. The van der Waals surface area contributed by atoms with Crippen LogP contribution in [-0.4, -0.2) is 22.3 Å². The van der Waals surface area contributed by atoms with Crippen LogP contribution in [0.5, 0.6) is 5.75 Å². The molecular weight excluding hydrogens is 398 g/mol. The van der Waals surface area contributed by atoms with E-state index in [0.717, 1.165) is 31.8 Å². The average molecular weight is 428 g/mol. The zero-order chi connectivity index (χ0) is 19.8. The normalized spacial score (nSPS) is 16.8. The molecule has 0 saturated heterocycles. The van der Waals surface area contributed by atoms with Crippen LogP contribution in [0.15, 0.2) is 41.3 Å². The number of aromatic nitrogens is 2. The summed E-state index contributed by atoms with van der Waals surface area (Å²) < 4.78 is 9.90. The molecule has 160 valence electrons. The summed E-state index contributed by atoms with van der Waals surface area (Å²) in [6.45, 7) is 2.65. The molecule has 0 radical (unpaired) electrons. The Labute approximate surface area is 183 Å². The maximum Gasteiger partial charge on any atom is 0.258 e. The zero-order valence-electron chi connectivity index (χ0n) is 17.5. The lowest BCUT2D eigenvalue weighted by atomic mass is 9.90. The SMILES string of the molecule is Cl.Cn1c2c(c3ccc(-n4ccc(OCC5CCCCC5)cc4=O)cc31)CCNC2. The van der Waals surface area contributed by atoms with Gasteiger partial charge in [0.25, 0.3) is 5.56 Å². The molecule has 2 aromatic heterocycles. The van der Waals surface area contributed by atoms with E-state index in [4.69, 9.17) is 4.74 Å². The number of halogens is 1. The van der Waals surface area contributed by atoms with Crippen molar-refractivity contribution < 1.29 is 4.74 Å². The van der Waals surface area contributed by atoms with Crippen molar-refractivity contribution in [3.63, 3.8) is 0 Å². The van der Waals surface area contributed by atoms with Crippen molar-refractivity contribution in [3.05, 3.63) is 58.1 Å². The topological polar surface area (TPSA) is 48.2 Å². The van der Waals surface area contributed by atoms with Crippen molar-refractivity contribution in [2.75, 3.05) is 13.2 Å². The second kappa shape index (κ2) is 8.86. The lowest BCUT2D eigenvalue weighted by Gasteiger charge is -2.21. The van der Waals surface area contributed by atoms with Gasteiger partial charge in [-0.15, -0.1) is 12.4 Å². The highest BCUT2D eigenvalue weighted by molar-refractivity contribution is 5.87. The first kappa shape index (κ1) is 21.0. The predicted molar refractivity (Wildman–Crippen MR) is 123 cm³/mol. The Balaban J connectivity index is 0.00000218. The molecule has 0 bridgehead atoms. The molecule has 0 amide bonds. The quantitative estimate of drug-likeness (QED) is 0.673. The Bertz CT molecular complexity index is 1100. The summed E-state index contributed by atoms with van der Waals surface area (Å²) in [7, 11) is 2.11. The lowest BCUT2D eigenvalue weighted by Crippen LogP contribution is -2.24. The number of ether oxygens (including phenoxy) is 1. The van der Waals surface area contributed by atoms with Gasteiger partial charge in [-0.1, -0.05) is 25.3 Å². The number of rotatable bonds is 4. The number of aryl methyl sites for hydroxylation is 1. The molecule has 30 heavy (non-hydrogen) atoms. The van der Waals surface area contributed by atoms with E-state index < -0.39 is 0 Å². The molecular formula is C24H30ClN3O2. The molecule has 3 aromatic rings. The summed E-state index contributed by atoms with van der Waals surface area (Å²) in [5.41, 5.74) is 4.81. The first-order valence-electron chi connectivity index (χ1n) is 10.9. The molecule has 1 saturated carbocycles. The van der Waals surface area contributed by atoms with Crippen LogP contribution < -0.4 is 15.6 Å². The summed E-state index contributed by atoms with van der Waals surface area (Å²) in [4.78, 5) is 12.8. The van der Waals surface area contributed by atoms with Crippen molar-refractivity contribution in [2.24, 2.45) is 13.0 Å². The Morgan fingerprint density at radius 3 is 2.77 bits per heavy atom. The Hall–Kier alpha value is -2.24. The van der Waals surface area contributed by atoms with E-state index in [-0.39, 0.29) is 18.0 Å². The average Bonchev–Trinajstić information content (AvgIpc) is 3.05. The van der Waals surface area contributed by atoms with Crippen LogP contribution in [0.1, 0.15) is 43.4 Å². The molecule has 0 unspecified atom stereocenters. The number of pyridine rings is 1. The van der Waals surface area contributed by atoms with Gasteiger partial charge in [-0.3, -0.25) is 9.36 Å². The van der Waals surface area contributed by atoms with Crippen LogP contribution in [0.25, 0.3) is 16.6 Å². The van der Waals surface area contributed by atoms with Crippen molar-refractivity contribution >= 4 is 23.3 Å². The number of nitrogens with one attached hydrogen (secondary N) is 1. The highest BCUT2D eigenvalue weighted by atomic mass is 35.5.